The predicted octanol–water partition coefficient (Wildman–Crippen LogP) is 0.772. The molecule has 4 amide bonds. The highest BCUT2D eigenvalue weighted by molar-refractivity contribution is 5.88. The molecular formula is C32H56N4O10. The first-order chi connectivity index (χ1) is 22.4. The van der Waals surface area contributed by atoms with Crippen molar-refractivity contribution in [3.8, 4) is 0 Å². The maximum atomic E-state index is 12.2. The van der Waals surface area contributed by atoms with E-state index in [1.807, 2.05) is 0 Å². The molecule has 0 aliphatic carbocycles. The molecule has 14 nitrogen and oxygen atoms in total. The molecule has 0 fully saturated rings. The van der Waals surface area contributed by atoms with Gasteiger partial charge < -0.3 is 49.3 Å². The quantitative estimate of drug-likeness (QED) is 0.0666. The molecule has 3 N–H and O–H groups in total. The molecule has 0 unspecified atom stereocenters. The van der Waals surface area contributed by atoms with Crippen LogP contribution in [0.5, 0.6) is 0 Å². The number of ether oxygens (including phenoxy) is 6. The summed E-state index contributed by atoms with van der Waals surface area (Å²) in [4.78, 5) is 48.0. The Labute approximate surface area is 274 Å². The van der Waals surface area contributed by atoms with Gasteiger partial charge in [-0.15, -0.1) is 0 Å². The highest BCUT2D eigenvalue weighted by atomic mass is 16.5. The summed E-state index contributed by atoms with van der Waals surface area (Å²) < 4.78 is 32.8. The molecule has 0 aromatic carbocycles. The van der Waals surface area contributed by atoms with Gasteiger partial charge in [0.05, 0.1) is 52.9 Å². The van der Waals surface area contributed by atoms with Crippen molar-refractivity contribution < 1.29 is 47.6 Å². The van der Waals surface area contributed by atoms with E-state index >= 15 is 0 Å². The Kier molecular flexibility index (Phi) is 31.0. The van der Waals surface area contributed by atoms with Crippen LogP contribution in [0, 0.1) is 0 Å². The lowest BCUT2D eigenvalue weighted by atomic mass is 10.3. The van der Waals surface area contributed by atoms with E-state index in [9.17, 15) is 19.2 Å². The first-order valence-electron chi connectivity index (χ1n) is 15.9. The van der Waals surface area contributed by atoms with Gasteiger partial charge in [-0.1, -0.05) is 19.7 Å². The number of nitrogens with zero attached hydrogens (tertiary/aromatic N) is 1. The van der Waals surface area contributed by atoms with Crippen molar-refractivity contribution in [3.05, 3.63) is 38.0 Å². The molecule has 0 aliphatic heterocycles. The van der Waals surface area contributed by atoms with Crippen LogP contribution in [0.4, 0.5) is 0 Å². The largest absolute Gasteiger partial charge is 0.379 e. The molecule has 0 rings (SSSR count). The van der Waals surface area contributed by atoms with Crippen LogP contribution >= 0.6 is 0 Å². The van der Waals surface area contributed by atoms with Gasteiger partial charge in [-0.25, -0.2) is 0 Å². The van der Waals surface area contributed by atoms with E-state index in [1.165, 1.54) is 18.2 Å². The van der Waals surface area contributed by atoms with Crippen molar-refractivity contribution in [1.29, 1.82) is 0 Å². The van der Waals surface area contributed by atoms with E-state index in [0.29, 0.717) is 131 Å². The van der Waals surface area contributed by atoms with Gasteiger partial charge >= 0.3 is 0 Å². The fraction of sp³-hybridized carbons (Fsp3) is 0.688. The molecule has 0 aromatic rings. The molecule has 0 heterocycles. The van der Waals surface area contributed by atoms with E-state index in [4.69, 9.17) is 28.4 Å². The van der Waals surface area contributed by atoms with E-state index in [1.54, 1.807) is 4.90 Å². The van der Waals surface area contributed by atoms with Crippen LogP contribution in [0.25, 0.3) is 0 Å². The van der Waals surface area contributed by atoms with Gasteiger partial charge in [0.1, 0.15) is 0 Å². The molecule has 0 aliphatic rings. The molecule has 14 heteroatoms. The average molecular weight is 657 g/mol. The van der Waals surface area contributed by atoms with Gasteiger partial charge in [0.2, 0.25) is 23.6 Å². The Morgan fingerprint density at radius 1 is 0.478 bits per heavy atom. The monoisotopic (exact) mass is 656 g/mol. The number of carbonyl (C=O) groups excluding carboxylic acids is 4. The van der Waals surface area contributed by atoms with Crippen LogP contribution in [-0.2, 0) is 47.6 Å². The van der Waals surface area contributed by atoms with Crippen molar-refractivity contribution in [2.45, 2.75) is 32.1 Å². The molecule has 0 bridgehead atoms. The molecule has 264 valence electrons. The molecular weight excluding hydrogens is 600 g/mol. The van der Waals surface area contributed by atoms with Crippen LogP contribution in [0.3, 0.4) is 0 Å². The van der Waals surface area contributed by atoms with Gasteiger partial charge in [0.15, 0.2) is 0 Å². The Balaban J connectivity index is 3.63. The number of amides is 4. The summed E-state index contributed by atoms with van der Waals surface area (Å²) in [6, 6.07) is 0. The Morgan fingerprint density at radius 2 is 0.848 bits per heavy atom. The summed E-state index contributed by atoms with van der Waals surface area (Å²) in [5.41, 5.74) is 0. The fourth-order valence-corrected chi connectivity index (χ4v) is 3.55. The number of hydrogen-bond acceptors (Lipinski definition) is 10. The zero-order valence-corrected chi connectivity index (χ0v) is 27.4. The lowest BCUT2D eigenvalue weighted by molar-refractivity contribution is -0.127. The van der Waals surface area contributed by atoms with Crippen LogP contribution in [0.15, 0.2) is 38.0 Å². The predicted molar refractivity (Wildman–Crippen MR) is 174 cm³/mol. The van der Waals surface area contributed by atoms with Crippen molar-refractivity contribution in [1.82, 2.24) is 20.9 Å². The van der Waals surface area contributed by atoms with Gasteiger partial charge in [-0.05, 0) is 43.9 Å². The summed E-state index contributed by atoms with van der Waals surface area (Å²) in [7, 11) is 0. The summed E-state index contributed by atoms with van der Waals surface area (Å²) in [5, 5.41) is 8.20. The van der Waals surface area contributed by atoms with E-state index in [0.717, 1.165) is 6.42 Å². The fourth-order valence-electron chi connectivity index (χ4n) is 3.55. The molecule has 0 saturated heterocycles. The topological polar surface area (TPSA) is 163 Å². The Morgan fingerprint density at radius 3 is 1.24 bits per heavy atom. The third kappa shape index (κ3) is 29.6. The van der Waals surface area contributed by atoms with E-state index < -0.39 is 0 Å². The number of hydrogen-bond donors (Lipinski definition) is 3. The molecule has 0 spiro atoms. The van der Waals surface area contributed by atoms with Gasteiger partial charge in [-0.2, -0.15) is 0 Å². The average Bonchev–Trinajstić information content (AvgIpc) is 3.07. The maximum absolute atomic E-state index is 12.2. The lowest BCUT2D eigenvalue weighted by Crippen LogP contribution is -2.35. The summed E-state index contributed by atoms with van der Waals surface area (Å²) in [6.07, 6.45) is 6.63. The van der Waals surface area contributed by atoms with Crippen molar-refractivity contribution in [2.24, 2.45) is 0 Å². The first kappa shape index (κ1) is 42.9. The van der Waals surface area contributed by atoms with E-state index in [-0.39, 0.29) is 30.0 Å². The number of rotatable bonds is 34. The Bertz CT molecular complexity index is 844. The molecule has 46 heavy (non-hydrogen) atoms. The van der Waals surface area contributed by atoms with Gasteiger partial charge in [-0.3, -0.25) is 19.2 Å². The molecule has 0 radical (unpaired) electrons. The second-order valence-corrected chi connectivity index (χ2v) is 9.71. The van der Waals surface area contributed by atoms with Gasteiger partial charge in [0, 0.05) is 65.6 Å². The first-order valence-corrected chi connectivity index (χ1v) is 15.9. The normalized spacial score (nSPS) is 10.6. The van der Waals surface area contributed by atoms with E-state index in [2.05, 4.69) is 35.7 Å². The highest BCUT2D eigenvalue weighted by Gasteiger charge is 2.12. The Hall–Kier alpha value is -3.14. The van der Waals surface area contributed by atoms with Gasteiger partial charge in [0.25, 0.3) is 0 Å². The smallest absolute Gasteiger partial charge is 0.245 e. The molecule has 0 atom stereocenters. The minimum Gasteiger partial charge on any atom is -0.379 e. The number of nitrogens with one attached hydrogen (secondary N) is 3. The van der Waals surface area contributed by atoms with Crippen LogP contribution in [0.2, 0.25) is 0 Å². The van der Waals surface area contributed by atoms with Crippen molar-refractivity contribution in [2.75, 3.05) is 112 Å². The zero-order chi connectivity index (χ0) is 33.9. The number of carbonyl (C=O) groups is 4. The molecule has 0 aromatic heterocycles. The van der Waals surface area contributed by atoms with Crippen LogP contribution in [0.1, 0.15) is 32.1 Å². The second-order valence-electron chi connectivity index (χ2n) is 9.71. The third-order valence-electron chi connectivity index (χ3n) is 5.99. The minimum absolute atomic E-state index is 0.134. The summed E-state index contributed by atoms with van der Waals surface area (Å²) in [5.74, 6) is -0.745. The van der Waals surface area contributed by atoms with Crippen molar-refractivity contribution in [3.63, 3.8) is 0 Å². The minimum atomic E-state index is -0.226. The standard InChI is InChI=1S/C32H56N4O10/c1-4-29(37)33-12-7-17-41-21-25-45-26-23-43-19-9-14-35-31(39)11-16-36(32(40)6-3)15-10-20-44-24-28-46-27-22-42-18-8-13-34-30(38)5-2/h4-6H,1-3,7-28H2,(H,33,37)(H,34,38)(H,35,39). The second kappa shape index (κ2) is 33.2. The zero-order valence-electron chi connectivity index (χ0n) is 27.4. The highest BCUT2D eigenvalue weighted by Crippen LogP contribution is 1.98. The maximum Gasteiger partial charge on any atom is 0.245 e. The van der Waals surface area contributed by atoms with Crippen LogP contribution in [-0.4, -0.2) is 141 Å². The lowest BCUT2D eigenvalue weighted by Gasteiger charge is -2.21. The van der Waals surface area contributed by atoms with Crippen molar-refractivity contribution >= 4 is 23.6 Å². The molecule has 0 saturated carbocycles. The summed E-state index contributed by atoms with van der Waals surface area (Å²) >= 11 is 0. The third-order valence-corrected chi connectivity index (χ3v) is 5.99. The SMILES string of the molecule is C=CC(=O)NCCCOCCOCCOCCCNC(=O)CCN(CCCOCCOCCOCCCNC(=O)C=C)C(=O)C=C. The summed E-state index contributed by atoms with van der Waals surface area (Å²) in [6.45, 7) is 18.3. The van der Waals surface area contributed by atoms with Crippen LogP contribution < -0.4 is 16.0 Å².